The number of hydrogen-bond acceptors (Lipinski definition) is 9. The first-order valence-electron chi connectivity index (χ1n) is 16.1. The van der Waals surface area contributed by atoms with Gasteiger partial charge in [0.25, 0.3) is 5.91 Å². The summed E-state index contributed by atoms with van der Waals surface area (Å²) >= 11 is 0. The second-order valence-corrected chi connectivity index (χ2v) is 13.1. The SMILES string of the molecule is COc1cc(N2CCC(OCC(=O)N[C@H](C(=O)N3CCC[C@H]3C(=O)O)C(C)(C)C)CC2)ccc1NC(=O)c1cccc(-c2ccn[nH]2)n1. The molecule has 2 aliphatic rings. The van der Waals surface area contributed by atoms with Crippen LogP contribution in [-0.4, -0.2) is 100 Å². The van der Waals surface area contributed by atoms with Gasteiger partial charge in [-0.2, -0.15) is 5.10 Å². The van der Waals surface area contributed by atoms with Gasteiger partial charge in [0.15, 0.2) is 0 Å². The summed E-state index contributed by atoms with van der Waals surface area (Å²) in [6.07, 6.45) is 3.86. The molecule has 2 fully saturated rings. The fourth-order valence-corrected chi connectivity index (χ4v) is 6.05. The minimum absolute atomic E-state index is 0.142. The van der Waals surface area contributed by atoms with Crippen LogP contribution in [0.5, 0.6) is 5.75 Å². The fraction of sp³-hybridized carbons (Fsp3) is 0.471. The van der Waals surface area contributed by atoms with E-state index in [1.54, 1.807) is 43.6 Å². The number of H-pyrrole nitrogens is 1. The van der Waals surface area contributed by atoms with Crippen LogP contribution in [0.15, 0.2) is 48.7 Å². The van der Waals surface area contributed by atoms with Crippen LogP contribution in [0.4, 0.5) is 11.4 Å². The third-order valence-corrected chi connectivity index (χ3v) is 8.69. The zero-order valence-electron chi connectivity index (χ0n) is 27.7. The number of aromatic nitrogens is 3. The van der Waals surface area contributed by atoms with Crippen molar-refractivity contribution in [2.24, 2.45) is 5.41 Å². The maximum Gasteiger partial charge on any atom is 0.326 e. The number of aromatic amines is 1. The summed E-state index contributed by atoms with van der Waals surface area (Å²) in [5, 5.41) is 22.0. The highest BCUT2D eigenvalue weighted by atomic mass is 16.5. The van der Waals surface area contributed by atoms with E-state index in [2.05, 4.69) is 30.7 Å². The lowest BCUT2D eigenvalue weighted by molar-refractivity contribution is -0.151. The Morgan fingerprint density at radius 1 is 1.06 bits per heavy atom. The normalized spacial score (nSPS) is 17.5. The van der Waals surface area contributed by atoms with E-state index in [-0.39, 0.29) is 30.2 Å². The van der Waals surface area contributed by atoms with Gasteiger partial charge in [-0.1, -0.05) is 26.8 Å². The van der Waals surface area contributed by atoms with Crippen LogP contribution >= 0.6 is 0 Å². The molecular formula is C34H43N7O7. The van der Waals surface area contributed by atoms with Gasteiger partial charge in [-0.3, -0.25) is 19.5 Å². The third kappa shape index (κ3) is 8.11. The molecule has 0 saturated carbocycles. The smallest absolute Gasteiger partial charge is 0.326 e. The minimum Gasteiger partial charge on any atom is -0.494 e. The number of carboxylic acid groups (broad SMARTS) is 1. The van der Waals surface area contributed by atoms with Crippen molar-refractivity contribution < 1.29 is 33.8 Å². The maximum atomic E-state index is 13.3. The van der Waals surface area contributed by atoms with Crippen LogP contribution in [-0.2, 0) is 19.1 Å². The number of rotatable bonds is 11. The summed E-state index contributed by atoms with van der Waals surface area (Å²) in [6.45, 7) is 7.04. The van der Waals surface area contributed by atoms with Crippen molar-refractivity contribution in [1.29, 1.82) is 0 Å². The Hall–Kier alpha value is -4.98. The lowest BCUT2D eigenvalue weighted by Gasteiger charge is -2.35. The lowest BCUT2D eigenvalue weighted by atomic mass is 9.85. The summed E-state index contributed by atoms with van der Waals surface area (Å²) < 4.78 is 11.6. The second kappa shape index (κ2) is 14.8. The molecule has 4 N–H and O–H groups in total. The number of benzene rings is 1. The number of likely N-dealkylation sites (tertiary alicyclic amines) is 1. The molecule has 0 spiro atoms. The molecular weight excluding hydrogens is 618 g/mol. The zero-order valence-corrected chi connectivity index (χ0v) is 27.7. The summed E-state index contributed by atoms with van der Waals surface area (Å²) in [6, 6.07) is 10.8. The monoisotopic (exact) mass is 661 g/mol. The van der Waals surface area contributed by atoms with Crippen molar-refractivity contribution in [3.05, 3.63) is 54.4 Å². The molecule has 2 saturated heterocycles. The molecule has 14 nitrogen and oxygen atoms in total. The molecule has 2 aromatic heterocycles. The predicted octanol–water partition coefficient (Wildman–Crippen LogP) is 3.32. The first-order valence-corrected chi connectivity index (χ1v) is 16.1. The Morgan fingerprint density at radius 2 is 1.83 bits per heavy atom. The summed E-state index contributed by atoms with van der Waals surface area (Å²) in [5.41, 5.74) is 2.38. The van der Waals surface area contributed by atoms with Crippen molar-refractivity contribution in [3.8, 4) is 17.1 Å². The quantitative estimate of drug-likeness (QED) is 0.238. The molecule has 5 rings (SSSR count). The number of hydrogen-bond donors (Lipinski definition) is 4. The number of pyridine rings is 1. The summed E-state index contributed by atoms with van der Waals surface area (Å²) in [7, 11) is 1.55. The van der Waals surface area contributed by atoms with E-state index in [0.29, 0.717) is 68.1 Å². The molecule has 3 amide bonds. The van der Waals surface area contributed by atoms with Gasteiger partial charge in [0, 0.05) is 37.6 Å². The molecule has 14 heteroatoms. The number of methoxy groups -OCH3 is 1. The van der Waals surface area contributed by atoms with Gasteiger partial charge in [0.1, 0.15) is 30.1 Å². The van der Waals surface area contributed by atoms with Crippen LogP contribution < -0.4 is 20.3 Å². The van der Waals surface area contributed by atoms with Crippen LogP contribution in [0.3, 0.4) is 0 Å². The predicted molar refractivity (Wildman–Crippen MR) is 178 cm³/mol. The number of piperidine rings is 1. The highest BCUT2D eigenvalue weighted by Gasteiger charge is 2.42. The van der Waals surface area contributed by atoms with E-state index in [1.165, 1.54) is 4.90 Å². The molecule has 0 radical (unpaired) electrons. The first-order chi connectivity index (χ1) is 22.9. The van der Waals surface area contributed by atoms with E-state index >= 15 is 0 Å². The summed E-state index contributed by atoms with van der Waals surface area (Å²) in [4.78, 5) is 58.9. The van der Waals surface area contributed by atoms with Crippen LogP contribution in [0.2, 0.25) is 0 Å². The van der Waals surface area contributed by atoms with Crippen LogP contribution in [0.25, 0.3) is 11.4 Å². The largest absolute Gasteiger partial charge is 0.494 e. The first kappa shape index (κ1) is 34.4. The van der Waals surface area contributed by atoms with E-state index in [9.17, 15) is 24.3 Å². The highest BCUT2D eigenvalue weighted by molar-refractivity contribution is 6.04. The highest BCUT2D eigenvalue weighted by Crippen LogP contribution is 2.32. The number of carboxylic acids is 1. The van der Waals surface area contributed by atoms with Gasteiger partial charge in [-0.25, -0.2) is 9.78 Å². The molecule has 2 aliphatic heterocycles. The Labute approximate surface area is 279 Å². The van der Waals surface area contributed by atoms with Gasteiger partial charge in [0.05, 0.1) is 30.3 Å². The fourth-order valence-electron chi connectivity index (χ4n) is 6.05. The topological polar surface area (TPSA) is 179 Å². The van der Waals surface area contributed by atoms with Gasteiger partial charge in [-0.05, 0) is 61.4 Å². The number of carbonyl (C=O) groups excluding carboxylic acids is 3. The molecule has 2 atom stereocenters. The molecule has 4 heterocycles. The van der Waals surface area contributed by atoms with Crippen LogP contribution in [0, 0.1) is 5.41 Å². The molecule has 0 aliphatic carbocycles. The van der Waals surface area contributed by atoms with E-state index in [4.69, 9.17) is 9.47 Å². The van der Waals surface area contributed by atoms with Crippen LogP contribution in [0.1, 0.15) is 56.9 Å². The Bertz CT molecular complexity index is 1610. The van der Waals surface area contributed by atoms with Gasteiger partial charge < -0.3 is 35.0 Å². The average molecular weight is 662 g/mol. The molecule has 3 aromatic rings. The van der Waals surface area contributed by atoms with Gasteiger partial charge >= 0.3 is 5.97 Å². The van der Waals surface area contributed by atoms with E-state index < -0.39 is 29.4 Å². The van der Waals surface area contributed by atoms with E-state index in [0.717, 1.165) is 5.69 Å². The number of nitrogens with zero attached hydrogens (tertiary/aromatic N) is 4. The molecule has 0 bridgehead atoms. The Kier molecular flexibility index (Phi) is 10.6. The Morgan fingerprint density at radius 3 is 2.50 bits per heavy atom. The number of ether oxygens (including phenoxy) is 2. The van der Waals surface area contributed by atoms with E-state index in [1.807, 2.05) is 32.9 Å². The van der Waals surface area contributed by atoms with Gasteiger partial charge in [-0.15, -0.1) is 0 Å². The second-order valence-electron chi connectivity index (χ2n) is 13.1. The number of anilines is 2. The average Bonchev–Trinajstić information content (AvgIpc) is 3.80. The standard InChI is InChI=1S/C34H43N7O7/c1-34(2,3)30(32(44)41-16-6-9-27(41)33(45)46)38-29(42)20-48-22-13-17-40(18-14-22)21-10-11-25(28(19-21)47-4)37-31(43)26-8-5-7-23(36-26)24-12-15-35-39-24/h5,7-8,10-12,15,19,22,27,30H,6,9,13-14,16-18,20H2,1-4H3,(H,35,39)(H,37,43)(H,38,42)(H,45,46)/t27-,30+/m0/s1. The van der Waals surface area contributed by atoms with Gasteiger partial charge in [0.2, 0.25) is 11.8 Å². The lowest BCUT2D eigenvalue weighted by Crippen LogP contribution is -2.57. The number of amides is 3. The molecule has 48 heavy (non-hydrogen) atoms. The number of aliphatic carboxylic acids is 1. The minimum atomic E-state index is -1.03. The molecule has 1 aromatic carbocycles. The zero-order chi connectivity index (χ0) is 34.4. The van der Waals surface area contributed by atoms with Crippen molar-refractivity contribution in [1.82, 2.24) is 25.4 Å². The molecule has 0 unspecified atom stereocenters. The number of carbonyl (C=O) groups is 4. The summed E-state index contributed by atoms with van der Waals surface area (Å²) in [5.74, 6) is -1.69. The van der Waals surface area contributed by atoms with Crippen molar-refractivity contribution in [3.63, 3.8) is 0 Å². The van der Waals surface area contributed by atoms with Crippen molar-refractivity contribution >= 4 is 35.1 Å². The molecule has 256 valence electrons. The maximum absolute atomic E-state index is 13.3. The van der Waals surface area contributed by atoms with Crippen molar-refractivity contribution in [2.45, 2.75) is 64.6 Å². The number of nitrogens with one attached hydrogen (secondary N) is 3. The third-order valence-electron chi connectivity index (χ3n) is 8.69. The Balaban J connectivity index is 1.12. The van der Waals surface area contributed by atoms with Crippen molar-refractivity contribution in [2.75, 3.05) is 43.6 Å².